The van der Waals surface area contributed by atoms with E-state index in [0.29, 0.717) is 24.7 Å². The van der Waals surface area contributed by atoms with Crippen LogP contribution in [0.5, 0.6) is 0 Å². The van der Waals surface area contributed by atoms with Crippen LogP contribution in [0.1, 0.15) is 64.3 Å². The molecule has 1 aliphatic heterocycles. The van der Waals surface area contributed by atoms with E-state index in [1.807, 2.05) is 12.3 Å². The summed E-state index contributed by atoms with van der Waals surface area (Å²) in [6.07, 6.45) is 3.47. The highest BCUT2D eigenvalue weighted by Crippen LogP contribution is 2.38. The van der Waals surface area contributed by atoms with E-state index in [1.165, 1.54) is 9.75 Å². The van der Waals surface area contributed by atoms with Crippen molar-refractivity contribution in [2.24, 2.45) is 5.73 Å². The molecule has 1 aromatic carbocycles. The summed E-state index contributed by atoms with van der Waals surface area (Å²) in [5, 5.41) is 5.25. The number of thiophene rings is 2. The smallest absolute Gasteiger partial charge is 0.250 e. The Kier molecular flexibility index (Phi) is 7.79. The third kappa shape index (κ3) is 5.33. The first kappa shape index (κ1) is 27.1. The van der Waals surface area contributed by atoms with E-state index in [0.717, 1.165) is 47.0 Å². The number of hydrogen-bond acceptors (Lipinski definition) is 6. The summed E-state index contributed by atoms with van der Waals surface area (Å²) in [6.45, 7) is 5.78. The number of sulfonamides is 1. The molecular formula is C28H34N4O3S3. The molecule has 1 aliphatic rings. The maximum Gasteiger partial charge on any atom is 0.250 e. The van der Waals surface area contributed by atoms with Gasteiger partial charge in [0, 0.05) is 47.0 Å². The number of fused-ring (bicyclic) bond motifs is 1. The summed E-state index contributed by atoms with van der Waals surface area (Å²) >= 11 is 3.50. The lowest BCUT2D eigenvalue weighted by molar-refractivity contribution is 0.100. The quantitative estimate of drug-likeness (QED) is 0.267. The number of carbonyl (C=O) groups excluding carboxylic acids is 1. The van der Waals surface area contributed by atoms with Crippen LogP contribution in [-0.2, 0) is 16.6 Å². The number of aromatic nitrogens is 1. The summed E-state index contributed by atoms with van der Waals surface area (Å²) in [7, 11) is -1.04. The number of nitrogens with one attached hydrogen (secondary N) is 1. The molecule has 10 heteroatoms. The molecule has 1 unspecified atom stereocenters. The number of benzene rings is 1. The van der Waals surface area contributed by atoms with Crippen LogP contribution >= 0.6 is 22.7 Å². The van der Waals surface area contributed by atoms with E-state index >= 15 is 0 Å². The average Bonchev–Trinajstić information content (AvgIpc) is 3.69. The fraction of sp³-hybridized carbons (Fsp3) is 0.393. The van der Waals surface area contributed by atoms with E-state index < -0.39 is 15.9 Å². The second-order valence-electron chi connectivity index (χ2n) is 10.0. The van der Waals surface area contributed by atoms with Gasteiger partial charge in [-0.3, -0.25) is 9.69 Å². The molecule has 0 spiro atoms. The van der Waals surface area contributed by atoms with Crippen LogP contribution in [-0.4, -0.2) is 54.4 Å². The molecule has 0 saturated carbocycles. The van der Waals surface area contributed by atoms with Gasteiger partial charge in [-0.15, -0.1) is 22.7 Å². The number of primary amides is 1. The van der Waals surface area contributed by atoms with Crippen LogP contribution in [0.4, 0.5) is 0 Å². The van der Waals surface area contributed by atoms with Gasteiger partial charge in [0.05, 0.1) is 16.8 Å². The Morgan fingerprint density at radius 2 is 1.97 bits per heavy atom. The first-order valence-electron chi connectivity index (χ1n) is 12.9. The second kappa shape index (κ2) is 10.9. The number of aromatic amines is 1. The molecule has 38 heavy (non-hydrogen) atoms. The zero-order chi connectivity index (χ0) is 27.0. The monoisotopic (exact) mass is 570 g/mol. The molecule has 1 fully saturated rings. The van der Waals surface area contributed by atoms with Crippen molar-refractivity contribution in [2.45, 2.75) is 45.2 Å². The molecule has 4 aromatic rings. The molecule has 4 heterocycles. The summed E-state index contributed by atoms with van der Waals surface area (Å²) in [4.78, 5) is 20.7. The van der Waals surface area contributed by atoms with E-state index in [4.69, 9.17) is 5.73 Å². The van der Waals surface area contributed by atoms with Gasteiger partial charge < -0.3 is 10.7 Å². The van der Waals surface area contributed by atoms with Crippen molar-refractivity contribution in [3.05, 3.63) is 68.2 Å². The molecule has 1 amide bonds. The SMILES string of the molecule is CCS(=O)(=O)N1CCC(c2c[nH]c3c(C(N)=O)cc(-c4csc(CN(C)C(C)c5cccs5)c4)cc23)CC1. The average molecular weight is 571 g/mol. The van der Waals surface area contributed by atoms with Crippen LogP contribution in [0.15, 0.2) is 47.3 Å². The van der Waals surface area contributed by atoms with Gasteiger partial charge in [-0.05, 0) is 91.4 Å². The Balaban J connectivity index is 1.42. The minimum Gasteiger partial charge on any atom is -0.366 e. The van der Waals surface area contributed by atoms with Crippen molar-refractivity contribution < 1.29 is 13.2 Å². The fourth-order valence-electron chi connectivity index (χ4n) is 5.32. The van der Waals surface area contributed by atoms with Crippen molar-refractivity contribution in [1.29, 1.82) is 0 Å². The molecule has 5 rings (SSSR count). The Bertz CT molecular complexity index is 1530. The fourth-order valence-corrected chi connectivity index (χ4v) is 8.26. The van der Waals surface area contributed by atoms with Gasteiger partial charge >= 0.3 is 0 Å². The Labute approximate surface area is 232 Å². The summed E-state index contributed by atoms with van der Waals surface area (Å²) in [6, 6.07) is 10.8. The number of H-pyrrole nitrogens is 1. The standard InChI is InChI=1S/C28H34N4O3S3/c1-4-38(34,35)32-9-7-19(8-10-32)25-15-30-27-23(25)13-20(14-24(27)28(29)33)21-12-22(37-17-21)16-31(3)18(2)26-6-5-11-36-26/h5-6,11-15,17-19,30H,4,7-10,16H2,1-3H3,(H2,29,33). The zero-order valence-electron chi connectivity index (χ0n) is 21.9. The number of nitrogens with zero attached hydrogens (tertiary/aromatic N) is 2. The van der Waals surface area contributed by atoms with E-state index in [2.05, 4.69) is 58.9 Å². The van der Waals surface area contributed by atoms with Gasteiger partial charge in [0.25, 0.3) is 5.91 Å². The highest BCUT2D eigenvalue weighted by atomic mass is 32.2. The van der Waals surface area contributed by atoms with Crippen LogP contribution in [0, 0.1) is 0 Å². The lowest BCUT2D eigenvalue weighted by Gasteiger charge is -2.31. The number of hydrogen-bond donors (Lipinski definition) is 2. The number of rotatable bonds is 9. The van der Waals surface area contributed by atoms with E-state index in [1.54, 1.807) is 33.9 Å². The Morgan fingerprint density at radius 3 is 2.63 bits per heavy atom. The van der Waals surface area contributed by atoms with E-state index in [9.17, 15) is 13.2 Å². The number of piperidine rings is 1. The van der Waals surface area contributed by atoms with Crippen molar-refractivity contribution in [1.82, 2.24) is 14.2 Å². The lowest BCUT2D eigenvalue weighted by Crippen LogP contribution is -2.38. The van der Waals surface area contributed by atoms with Gasteiger partial charge in [0.2, 0.25) is 10.0 Å². The largest absolute Gasteiger partial charge is 0.366 e. The molecule has 0 aliphatic carbocycles. The molecule has 0 radical (unpaired) electrons. The summed E-state index contributed by atoms with van der Waals surface area (Å²) in [5.41, 5.74) is 10.2. The number of amides is 1. The van der Waals surface area contributed by atoms with Gasteiger partial charge in [0.1, 0.15) is 0 Å². The first-order chi connectivity index (χ1) is 18.2. The molecule has 7 nitrogen and oxygen atoms in total. The molecule has 202 valence electrons. The topological polar surface area (TPSA) is 99.5 Å². The van der Waals surface area contributed by atoms with E-state index in [-0.39, 0.29) is 11.7 Å². The molecule has 0 bridgehead atoms. The number of nitrogens with two attached hydrogens (primary N) is 1. The predicted octanol–water partition coefficient (Wildman–Crippen LogP) is 5.78. The molecule has 1 atom stereocenters. The maximum absolute atomic E-state index is 12.4. The van der Waals surface area contributed by atoms with Gasteiger partial charge in [0.15, 0.2) is 0 Å². The Hall–Kier alpha value is -2.50. The second-order valence-corrected chi connectivity index (χ2v) is 14.3. The van der Waals surface area contributed by atoms with Crippen molar-refractivity contribution in [3.8, 4) is 11.1 Å². The summed E-state index contributed by atoms with van der Waals surface area (Å²) in [5.74, 6) is -0.121. The highest BCUT2D eigenvalue weighted by molar-refractivity contribution is 7.89. The molecule has 3 aromatic heterocycles. The van der Waals surface area contributed by atoms with Gasteiger partial charge in [-0.2, -0.15) is 0 Å². The summed E-state index contributed by atoms with van der Waals surface area (Å²) < 4.78 is 26.2. The van der Waals surface area contributed by atoms with Crippen LogP contribution in [0.3, 0.4) is 0 Å². The third-order valence-corrected chi connectivity index (χ3v) is 11.6. The number of carbonyl (C=O) groups is 1. The highest BCUT2D eigenvalue weighted by Gasteiger charge is 2.29. The minimum absolute atomic E-state index is 0.126. The van der Waals surface area contributed by atoms with Gasteiger partial charge in [-0.25, -0.2) is 12.7 Å². The van der Waals surface area contributed by atoms with Crippen LogP contribution in [0.2, 0.25) is 0 Å². The van der Waals surface area contributed by atoms with Crippen molar-refractivity contribution in [2.75, 3.05) is 25.9 Å². The normalized spacial score (nSPS) is 16.4. The minimum atomic E-state index is -3.18. The lowest BCUT2D eigenvalue weighted by atomic mass is 9.88. The maximum atomic E-state index is 12.4. The van der Waals surface area contributed by atoms with Crippen LogP contribution in [0.25, 0.3) is 22.0 Å². The molecule has 1 saturated heterocycles. The van der Waals surface area contributed by atoms with Crippen molar-refractivity contribution in [3.63, 3.8) is 0 Å². The Morgan fingerprint density at radius 1 is 1.21 bits per heavy atom. The first-order valence-corrected chi connectivity index (χ1v) is 16.3. The third-order valence-electron chi connectivity index (χ3n) is 7.75. The predicted molar refractivity (Wildman–Crippen MR) is 157 cm³/mol. The molecule has 3 N–H and O–H groups in total. The van der Waals surface area contributed by atoms with Crippen LogP contribution < -0.4 is 5.73 Å². The molecular weight excluding hydrogens is 537 g/mol. The van der Waals surface area contributed by atoms with Gasteiger partial charge in [-0.1, -0.05) is 6.07 Å². The zero-order valence-corrected chi connectivity index (χ0v) is 24.4. The van der Waals surface area contributed by atoms with Crippen molar-refractivity contribution >= 4 is 49.5 Å².